The van der Waals surface area contributed by atoms with Crippen LogP contribution in [0.15, 0.2) is 24.2 Å². The lowest BCUT2D eigenvalue weighted by Crippen LogP contribution is -2.65. The van der Waals surface area contributed by atoms with E-state index >= 15 is 0 Å². The minimum absolute atomic E-state index is 0.00804. The highest BCUT2D eigenvalue weighted by Gasteiger charge is 2.64. The lowest BCUT2D eigenvalue weighted by molar-refractivity contribution is -0.237. The molecule has 1 aliphatic carbocycles. The number of hydrogen-bond donors (Lipinski definition) is 2. The summed E-state index contributed by atoms with van der Waals surface area (Å²) in [6.45, 7) is 13.0. The van der Waals surface area contributed by atoms with Crippen LogP contribution in [0, 0.1) is 22.7 Å². The minimum atomic E-state index is -1.07. The molecule has 0 spiro atoms. The summed E-state index contributed by atoms with van der Waals surface area (Å²) >= 11 is 0. The molecule has 3 rings (SSSR count). The van der Waals surface area contributed by atoms with Gasteiger partial charge in [-0.25, -0.2) is 0 Å². The van der Waals surface area contributed by atoms with Crippen molar-refractivity contribution >= 4 is 11.8 Å². The second-order valence-corrected chi connectivity index (χ2v) is 9.27. The van der Waals surface area contributed by atoms with E-state index in [-0.39, 0.29) is 36.1 Å². The molecule has 0 radical (unpaired) electrons. The lowest BCUT2D eigenvalue weighted by Gasteiger charge is -2.60. The fraction of sp³-hybridized carbons (Fsp3) is 0.714. The monoisotopic (exact) mass is 378 g/mol. The van der Waals surface area contributed by atoms with E-state index in [0.717, 1.165) is 0 Å². The number of carboxylic acids is 1. The predicted octanol–water partition coefficient (Wildman–Crippen LogP) is 3.06. The molecular weight excluding hydrogens is 348 g/mol. The summed E-state index contributed by atoms with van der Waals surface area (Å²) in [5.74, 6) is -1.36. The predicted molar refractivity (Wildman–Crippen MR) is 98.6 cm³/mol. The molecule has 2 heterocycles. The van der Waals surface area contributed by atoms with Crippen LogP contribution in [0.25, 0.3) is 0 Å². The van der Waals surface area contributed by atoms with Crippen molar-refractivity contribution in [1.29, 1.82) is 0 Å². The quantitative estimate of drug-likeness (QED) is 0.733. The number of hydrogen-bond acceptors (Lipinski definition) is 5. The summed E-state index contributed by atoms with van der Waals surface area (Å²) in [4.78, 5) is 24.5. The maximum absolute atomic E-state index is 12.6. The number of fused-ring (bicyclic) bond motifs is 1. The fourth-order valence-electron chi connectivity index (χ4n) is 5.35. The molecule has 6 heteroatoms. The highest BCUT2D eigenvalue weighted by Crippen LogP contribution is 2.61. The van der Waals surface area contributed by atoms with Crippen molar-refractivity contribution in [1.82, 2.24) is 0 Å². The SMILES string of the molecule is C=C[C@]1(C)[C@H](C(C)(C)C(=O)O)C[C@H](O)[C@]2(C)OC3=C(C[C@@H]12)C(=O)C[C@@H](C)O3. The Balaban J connectivity index is 2.11. The van der Waals surface area contributed by atoms with Crippen molar-refractivity contribution in [2.45, 2.75) is 71.7 Å². The molecule has 0 aromatic carbocycles. The van der Waals surface area contributed by atoms with E-state index in [1.54, 1.807) is 19.9 Å². The van der Waals surface area contributed by atoms with Gasteiger partial charge in [0, 0.05) is 12.3 Å². The number of carbonyl (C=O) groups excluding carboxylic acids is 1. The third kappa shape index (κ3) is 2.72. The summed E-state index contributed by atoms with van der Waals surface area (Å²) in [5.41, 5.74) is -2.19. The fourth-order valence-corrected chi connectivity index (χ4v) is 5.35. The molecule has 1 saturated carbocycles. The first-order valence-corrected chi connectivity index (χ1v) is 9.55. The van der Waals surface area contributed by atoms with E-state index in [1.165, 1.54) is 0 Å². The maximum Gasteiger partial charge on any atom is 0.309 e. The van der Waals surface area contributed by atoms with Crippen molar-refractivity contribution in [3.63, 3.8) is 0 Å². The Labute approximate surface area is 160 Å². The van der Waals surface area contributed by atoms with Gasteiger partial charge < -0.3 is 19.7 Å². The van der Waals surface area contributed by atoms with Gasteiger partial charge in [-0.3, -0.25) is 9.59 Å². The second kappa shape index (κ2) is 6.09. The first-order valence-electron chi connectivity index (χ1n) is 9.55. The van der Waals surface area contributed by atoms with Gasteiger partial charge in [-0.2, -0.15) is 0 Å². The molecule has 6 atom stereocenters. The van der Waals surface area contributed by atoms with Gasteiger partial charge in [0.2, 0.25) is 0 Å². The Morgan fingerprint density at radius 3 is 2.52 bits per heavy atom. The van der Waals surface area contributed by atoms with Crippen molar-refractivity contribution in [3.05, 3.63) is 24.2 Å². The first kappa shape index (κ1) is 19.9. The van der Waals surface area contributed by atoms with Gasteiger partial charge in [-0.05, 0) is 51.9 Å². The number of Topliss-reactive ketones (excluding diaryl/α,β-unsaturated/α-hetero) is 1. The Hall–Kier alpha value is -1.82. The van der Waals surface area contributed by atoms with Crippen LogP contribution in [0.4, 0.5) is 0 Å². The number of allylic oxidation sites excluding steroid dienone is 2. The number of rotatable bonds is 3. The normalized spacial score (nSPS) is 41.8. The Morgan fingerprint density at radius 1 is 1.33 bits per heavy atom. The summed E-state index contributed by atoms with van der Waals surface area (Å²) in [7, 11) is 0. The molecule has 150 valence electrons. The van der Waals surface area contributed by atoms with E-state index in [9.17, 15) is 19.8 Å². The molecule has 0 amide bonds. The summed E-state index contributed by atoms with van der Waals surface area (Å²) < 4.78 is 11.9. The van der Waals surface area contributed by atoms with Gasteiger partial charge in [-0.15, -0.1) is 6.58 Å². The molecule has 0 bridgehead atoms. The van der Waals surface area contributed by atoms with Crippen LogP contribution in [0.3, 0.4) is 0 Å². The lowest BCUT2D eigenvalue weighted by atomic mass is 9.48. The second-order valence-electron chi connectivity index (χ2n) is 9.27. The van der Waals surface area contributed by atoms with Crippen molar-refractivity contribution < 1.29 is 29.3 Å². The third-order valence-electron chi connectivity index (χ3n) is 7.26. The van der Waals surface area contributed by atoms with Gasteiger partial charge in [0.1, 0.15) is 11.7 Å². The molecule has 0 aromatic heterocycles. The van der Waals surface area contributed by atoms with Crippen LogP contribution < -0.4 is 0 Å². The Morgan fingerprint density at radius 2 is 1.96 bits per heavy atom. The molecule has 0 unspecified atom stereocenters. The molecule has 1 fully saturated rings. The van der Waals surface area contributed by atoms with Gasteiger partial charge in [0.25, 0.3) is 5.95 Å². The average molecular weight is 378 g/mol. The van der Waals surface area contributed by atoms with Crippen molar-refractivity contribution in [2.24, 2.45) is 22.7 Å². The summed E-state index contributed by atoms with van der Waals surface area (Å²) in [5, 5.41) is 20.8. The topological polar surface area (TPSA) is 93.1 Å². The van der Waals surface area contributed by atoms with Gasteiger partial charge in [0.15, 0.2) is 5.78 Å². The number of aliphatic hydroxyl groups is 1. The molecule has 2 aliphatic heterocycles. The molecule has 0 saturated heterocycles. The van der Waals surface area contributed by atoms with E-state index in [1.807, 2.05) is 20.8 Å². The van der Waals surface area contributed by atoms with E-state index < -0.39 is 28.5 Å². The third-order valence-corrected chi connectivity index (χ3v) is 7.26. The van der Waals surface area contributed by atoms with Crippen LogP contribution in [0.5, 0.6) is 0 Å². The smallest absolute Gasteiger partial charge is 0.309 e. The molecule has 3 aliphatic rings. The number of carboxylic acid groups (broad SMARTS) is 1. The van der Waals surface area contributed by atoms with Gasteiger partial charge >= 0.3 is 5.97 Å². The van der Waals surface area contributed by atoms with Crippen molar-refractivity contribution in [3.8, 4) is 0 Å². The number of carbonyl (C=O) groups is 2. The number of aliphatic hydroxyl groups excluding tert-OH is 1. The first-order chi connectivity index (χ1) is 12.4. The highest BCUT2D eigenvalue weighted by molar-refractivity contribution is 5.96. The number of ether oxygens (including phenoxy) is 2. The Kier molecular flexibility index (Phi) is 4.50. The van der Waals surface area contributed by atoms with E-state index in [4.69, 9.17) is 9.47 Å². The van der Waals surface area contributed by atoms with E-state index in [0.29, 0.717) is 18.4 Å². The van der Waals surface area contributed by atoms with E-state index in [2.05, 4.69) is 6.58 Å². The molecular formula is C21H30O6. The minimum Gasteiger partial charge on any atom is -0.481 e. The van der Waals surface area contributed by atoms with Crippen LogP contribution in [0.1, 0.15) is 53.9 Å². The number of aliphatic carboxylic acids is 1. The van der Waals surface area contributed by atoms with Gasteiger partial charge in [0.05, 0.1) is 17.1 Å². The van der Waals surface area contributed by atoms with Crippen LogP contribution in [-0.2, 0) is 19.1 Å². The van der Waals surface area contributed by atoms with Crippen LogP contribution in [-0.4, -0.2) is 39.8 Å². The Bertz CT molecular complexity index is 722. The van der Waals surface area contributed by atoms with Crippen LogP contribution >= 0.6 is 0 Å². The van der Waals surface area contributed by atoms with Crippen molar-refractivity contribution in [2.75, 3.05) is 0 Å². The zero-order valence-corrected chi connectivity index (χ0v) is 16.7. The highest BCUT2D eigenvalue weighted by atomic mass is 16.7. The summed E-state index contributed by atoms with van der Waals surface area (Å²) in [6, 6.07) is 0. The van der Waals surface area contributed by atoms with Crippen LogP contribution in [0.2, 0.25) is 0 Å². The van der Waals surface area contributed by atoms with Gasteiger partial charge in [-0.1, -0.05) is 13.0 Å². The number of ketones is 1. The summed E-state index contributed by atoms with van der Waals surface area (Å²) in [6.07, 6.45) is 1.57. The molecule has 0 aromatic rings. The molecule has 27 heavy (non-hydrogen) atoms. The molecule has 2 N–H and O–H groups in total. The molecule has 6 nitrogen and oxygen atoms in total. The largest absolute Gasteiger partial charge is 0.481 e. The maximum atomic E-state index is 12.6. The standard InChI is InChI=1S/C21H30O6/c1-7-20(5)14(19(3,4)18(24)25)10-16(23)21(6)15(20)9-12-13(22)8-11(2)26-17(12)27-21/h7,11,14-16,23H,1,8-10H2,2-6H3,(H,24,25)/t11-,14+,15+,16+,20-,21-/m1/s1. The average Bonchev–Trinajstić information content (AvgIpc) is 2.56. The zero-order valence-electron chi connectivity index (χ0n) is 16.7. The zero-order chi connectivity index (χ0) is 20.4.